The zero-order valence-electron chi connectivity index (χ0n) is 28.9. The summed E-state index contributed by atoms with van der Waals surface area (Å²) >= 11 is 0. The van der Waals surface area contributed by atoms with Gasteiger partial charge in [0.1, 0.15) is 5.58 Å². The van der Waals surface area contributed by atoms with Crippen molar-refractivity contribution in [1.82, 2.24) is 4.48 Å². The van der Waals surface area contributed by atoms with Crippen LogP contribution in [0.4, 0.5) is 28.4 Å². The van der Waals surface area contributed by atoms with Gasteiger partial charge in [0, 0.05) is 55.7 Å². The Morgan fingerprint density at radius 2 is 1.37 bits per heavy atom. The van der Waals surface area contributed by atoms with Crippen molar-refractivity contribution in [3.05, 3.63) is 139 Å². The Morgan fingerprint density at radius 1 is 0.667 bits per heavy atom. The lowest BCUT2D eigenvalue weighted by Gasteiger charge is -2.52. The molecule has 2 aromatic heterocycles. The first-order valence-electron chi connectivity index (χ1n) is 18.5. The van der Waals surface area contributed by atoms with Crippen molar-refractivity contribution in [3.8, 4) is 11.1 Å². The van der Waals surface area contributed by atoms with E-state index in [1.165, 1.54) is 92.0 Å². The third-order valence-corrected chi connectivity index (χ3v) is 13.3. The van der Waals surface area contributed by atoms with Crippen molar-refractivity contribution >= 4 is 79.2 Å². The molecular formula is C46H36BN3O. The first kappa shape index (κ1) is 28.1. The van der Waals surface area contributed by atoms with Gasteiger partial charge in [0.2, 0.25) is 0 Å². The van der Waals surface area contributed by atoms with Gasteiger partial charge >= 0.3 is 6.85 Å². The molecule has 3 aliphatic heterocycles. The molecule has 5 heteroatoms. The fourth-order valence-electron chi connectivity index (χ4n) is 10.9. The van der Waals surface area contributed by atoms with Gasteiger partial charge in [-0.05, 0) is 84.3 Å². The number of aromatic nitrogens is 1. The van der Waals surface area contributed by atoms with Crippen molar-refractivity contribution in [2.75, 3.05) is 9.80 Å². The van der Waals surface area contributed by atoms with Crippen molar-refractivity contribution in [2.24, 2.45) is 0 Å². The highest BCUT2D eigenvalue weighted by molar-refractivity contribution is 6.90. The zero-order chi connectivity index (χ0) is 33.6. The maximum Gasteiger partial charge on any atom is 0.336 e. The molecular weight excluding hydrogens is 621 g/mol. The summed E-state index contributed by atoms with van der Waals surface area (Å²) in [4.78, 5) is 5.26. The number of hydrogen-bond acceptors (Lipinski definition) is 3. The van der Waals surface area contributed by atoms with Gasteiger partial charge in [0.05, 0.1) is 10.9 Å². The number of anilines is 5. The van der Waals surface area contributed by atoms with Crippen LogP contribution in [-0.4, -0.2) is 16.9 Å². The first-order valence-corrected chi connectivity index (χ1v) is 18.5. The van der Waals surface area contributed by atoms with Gasteiger partial charge in [-0.25, -0.2) is 0 Å². The highest BCUT2D eigenvalue weighted by atomic mass is 16.3. The van der Waals surface area contributed by atoms with Crippen molar-refractivity contribution in [1.29, 1.82) is 0 Å². The van der Waals surface area contributed by atoms with Crippen LogP contribution < -0.4 is 20.7 Å². The van der Waals surface area contributed by atoms with Crippen LogP contribution in [0, 0.1) is 0 Å². The number of hydrogen-bond donors (Lipinski definition) is 0. The molecule has 0 N–H and O–H groups in total. The number of benzene rings is 6. The number of rotatable bonds is 3. The highest BCUT2D eigenvalue weighted by Gasteiger charge is 2.61. The molecule has 1 aliphatic carbocycles. The molecule has 12 rings (SSSR count). The van der Waals surface area contributed by atoms with E-state index in [9.17, 15) is 0 Å². The average Bonchev–Trinajstić information content (AvgIpc) is 3.77. The molecule has 0 amide bonds. The van der Waals surface area contributed by atoms with Crippen LogP contribution in [0.3, 0.4) is 0 Å². The van der Waals surface area contributed by atoms with Gasteiger partial charge in [-0.2, -0.15) is 0 Å². The summed E-state index contributed by atoms with van der Waals surface area (Å²) < 4.78 is 9.47. The largest absolute Gasteiger partial charge is 0.441 e. The predicted octanol–water partition coefficient (Wildman–Crippen LogP) is 10.7. The number of para-hydroxylation sites is 5. The zero-order valence-corrected chi connectivity index (χ0v) is 28.9. The standard InChI is InChI=1S/C46H36BN3O/c1-45-25-11-12-26-46(45,2)49-38-28-31(48(29-15-5-3-6-16-29)30-17-7-4-8-18-30)27-35-32-20-13-21-34-40-33-19-9-10-24-39(33)51-44(40)50(42(32)34)47(41(35)38)37-23-14-22-36(45)43(37)49/h3-10,13-24,27-28H,11-12,25-26H2,1-2H3. The lowest BCUT2D eigenvalue weighted by molar-refractivity contribution is 0.195. The fraction of sp³-hybridized carbons (Fsp3) is 0.174. The van der Waals surface area contributed by atoms with Gasteiger partial charge in [-0.3, -0.25) is 0 Å². The summed E-state index contributed by atoms with van der Waals surface area (Å²) in [5.74, 6) is 0. The molecule has 6 aromatic carbocycles. The molecule has 2 unspecified atom stereocenters. The minimum atomic E-state index is -0.0525. The van der Waals surface area contributed by atoms with Crippen LogP contribution in [-0.2, 0) is 5.41 Å². The van der Waals surface area contributed by atoms with E-state index in [1.807, 2.05) is 0 Å². The maximum atomic E-state index is 6.90. The molecule has 0 saturated heterocycles. The van der Waals surface area contributed by atoms with Crippen LogP contribution in [0.1, 0.15) is 45.1 Å². The molecule has 5 heterocycles. The minimum Gasteiger partial charge on any atom is -0.441 e. The number of furan rings is 1. The van der Waals surface area contributed by atoms with Crippen LogP contribution in [0.2, 0.25) is 0 Å². The van der Waals surface area contributed by atoms with Crippen molar-refractivity contribution < 1.29 is 4.42 Å². The lowest BCUT2D eigenvalue weighted by atomic mass is 9.45. The molecule has 0 spiro atoms. The minimum absolute atomic E-state index is 0.0139. The van der Waals surface area contributed by atoms with Crippen LogP contribution in [0.5, 0.6) is 0 Å². The second-order valence-electron chi connectivity index (χ2n) is 15.6. The molecule has 1 saturated carbocycles. The van der Waals surface area contributed by atoms with E-state index in [0.29, 0.717) is 0 Å². The molecule has 244 valence electrons. The second kappa shape index (κ2) is 9.55. The average molecular weight is 658 g/mol. The number of fused-ring (bicyclic) bond motifs is 12. The van der Waals surface area contributed by atoms with Crippen molar-refractivity contribution in [2.45, 2.75) is 50.5 Å². The van der Waals surface area contributed by atoms with Crippen molar-refractivity contribution in [3.63, 3.8) is 0 Å². The second-order valence-corrected chi connectivity index (χ2v) is 15.6. The van der Waals surface area contributed by atoms with Crippen LogP contribution in [0.15, 0.2) is 138 Å². The van der Waals surface area contributed by atoms with E-state index in [-0.39, 0.29) is 17.8 Å². The highest BCUT2D eigenvalue weighted by Crippen LogP contribution is 2.62. The molecule has 2 atom stereocenters. The van der Waals surface area contributed by atoms with Gasteiger partial charge < -0.3 is 18.7 Å². The summed E-state index contributed by atoms with van der Waals surface area (Å²) in [7, 11) is 0. The smallest absolute Gasteiger partial charge is 0.336 e. The normalized spacial score (nSPS) is 20.9. The van der Waals surface area contributed by atoms with Crippen LogP contribution >= 0.6 is 0 Å². The first-order chi connectivity index (χ1) is 25.1. The number of nitrogens with zero attached hydrogens (tertiary/aromatic N) is 3. The monoisotopic (exact) mass is 657 g/mol. The molecule has 4 aliphatic rings. The maximum absolute atomic E-state index is 6.90. The van der Waals surface area contributed by atoms with Gasteiger partial charge in [0.15, 0.2) is 5.71 Å². The topological polar surface area (TPSA) is 24.6 Å². The quantitative estimate of drug-likeness (QED) is 0.177. The van der Waals surface area contributed by atoms with E-state index < -0.39 is 0 Å². The summed E-state index contributed by atoms with van der Waals surface area (Å²) in [6, 6.07) is 49.4. The van der Waals surface area contributed by atoms with E-state index >= 15 is 0 Å². The summed E-state index contributed by atoms with van der Waals surface area (Å²) in [6.07, 6.45) is 4.88. The van der Waals surface area contributed by atoms with E-state index in [0.717, 1.165) is 22.7 Å². The van der Waals surface area contributed by atoms with Gasteiger partial charge in [-0.15, -0.1) is 0 Å². The molecule has 4 nitrogen and oxygen atoms in total. The van der Waals surface area contributed by atoms with E-state index in [2.05, 4.69) is 162 Å². The molecule has 51 heavy (non-hydrogen) atoms. The molecule has 8 aromatic rings. The van der Waals surface area contributed by atoms with E-state index in [1.54, 1.807) is 0 Å². The summed E-state index contributed by atoms with van der Waals surface area (Å²) in [5, 5.41) is 3.66. The Morgan fingerprint density at radius 3 is 2.18 bits per heavy atom. The third kappa shape index (κ3) is 3.29. The van der Waals surface area contributed by atoms with E-state index in [4.69, 9.17) is 4.42 Å². The fourth-order valence-corrected chi connectivity index (χ4v) is 10.9. The molecule has 0 radical (unpaired) electrons. The molecule has 0 bridgehead atoms. The third-order valence-electron chi connectivity index (χ3n) is 13.3. The van der Waals surface area contributed by atoms with Gasteiger partial charge in [0.25, 0.3) is 0 Å². The summed E-state index contributed by atoms with van der Waals surface area (Å²) in [5.41, 5.74) is 16.3. The molecule has 1 fully saturated rings. The van der Waals surface area contributed by atoms with Gasteiger partial charge in [-0.1, -0.05) is 111 Å². The van der Waals surface area contributed by atoms with Crippen LogP contribution in [0.25, 0.3) is 44.1 Å². The Bertz CT molecular complexity index is 2730. The summed E-state index contributed by atoms with van der Waals surface area (Å²) in [6.45, 7) is 5.10. The Hall–Kier alpha value is -5.68. The SMILES string of the molecule is CC12CCCCC1(C)N1c3cc(N(c4ccccc4)c4ccccc4)cc4c3B(c3cccc2c31)n1c2oc3ccccc3c2c2cccc-4c21. The Balaban J connectivity index is 1.26. The lowest BCUT2D eigenvalue weighted by Crippen LogP contribution is -2.61. The predicted molar refractivity (Wildman–Crippen MR) is 213 cm³/mol. The Labute approximate surface area is 297 Å². The Kier molecular flexibility index (Phi) is 5.26.